The van der Waals surface area contributed by atoms with E-state index in [1.54, 1.807) is 22.3 Å². The fraction of sp³-hybridized carbons (Fsp3) is 0.476. The summed E-state index contributed by atoms with van der Waals surface area (Å²) in [6.45, 7) is 1.55. The number of amides is 1. The predicted molar refractivity (Wildman–Crippen MR) is 108 cm³/mol. The second kappa shape index (κ2) is 8.14. The van der Waals surface area contributed by atoms with Crippen LogP contribution in [0, 0.1) is 5.92 Å². The SMILES string of the molecule is COCCn1c(=O)c2cc(C(=O)NCC3CCCCC3)nn2c2ccccc21. The molecule has 0 atom stereocenters. The number of benzene rings is 1. The van der Waals surface area contributed by atoms with Gasteiger partial charge in [-0.25, -0.2) is 4.52 Å². The molecule has 1 amide bonds. The Hall–Kier alpha value is -2.67. The zero-order chi connectivity index (χ0) is 19.5. The average Bonchev–Trinajstić information content (AvgIpc) is 3.19. The van der Waals surface area contributed by atoms with Crippen LogP contribution in [0.25, 0.3) is 16.6 Å². The van der Waals surface area contributed by atoms with Gasteiger partial charge in [0.2, 0.25) is 0 Å². The summed E-state index contributed by atoms with van der Waals surface area (Å²) in [4.78, 5) is 25.6. The summed E-state index contributed by atoms with van der Waals surface area (Å²) in [7, 11) is 1.61. The zero-order valence-corrected chi connectivity index (χ0v) is 16.2. The number of fused-ring (bicyclic) bond motifs is 3. The van der Waals surface area contributed by atoms with Crippen LogP contribution in [0.2, 0.25) is 0 Å². The van der Waals surface area contributed by atoms with Crippen LogP contribution in [0.15, 0.2) is 35.1 Å². The highest BCUT2D eigenvalue weighted by Gasteiger charge is 2.19. The Morgan fingerprint density at radius 3 is 2.68 bits per heavy atom. The normalized spacial score (nSPS) is 15.3. The van der Waals surface area contributed by atoms with Gasteiger partial charge in [-0.2, -0.15) is 5.10 Å². The van der Waals surface area contributed by atoms with Crippen molar-refractivity contribution in [3.8, 4) is 0 Å². The van der Waals surface area contributed by atoms with Crippen LogP contribution in [-0.4, -0.2) is 40.3 Å². The number of nitrogens with zero attached hydrogens (tertiary/aromatic N) is 3. The zero-order valence-electron chi connectivity index (χ0n) is 16.2. The molecule has 148 valence electrons. The molecule has 2 heterocycles. The molecular weight excluding hydrogens is 356 g/mol. The van der Waals surface area contributed by atoms with Gasteiger partial charge in [-0.05, 0) is 30.9 Å². The van der Waals surface area contributed by atoms with Crippen LogP contribution in [0.4, 0.5) is 0 Å². The number of hydrogen-bond donors (Lipinski definition) is 1. The van der Waals surface area contributed by atoms with Gasteiger partial charge in [-0.15, -0.1) is 0 Å². The van der Waals surface area contributed by atoms with Crippen molar-refractivity contribution >= 4 is 22.5 Å². The Balaban J connectivity index is 1.68. The van der Waals surface area contributed by atoms with E-state index >= 15 is 0 Å². The van der Waals surface area contributed by atoms with E-state index in [9.17, 15) is 9.59 Å². The van der Waals surface area contributed by atoms with Crippen LogP contribution >= 0.6 is 0 Å². The van der Waals surface area contributed by atoms with Crippen molar-refractivity contribution in [1.82, 2.24) is 19.5 Å². The first-order chi connectivity index (χ1) is 13.7. The Labute approximate surface area is 163 Å². The molecule has 1 aromatic carbocycles. The third kappa shape index (κ3) is 3.54. The van der Waals surface area contributed by atoms with Gasteiger partial charge >= 0.3 is 0 Å². The molecule has 0 radical (unpaired) electrons. The standard InChI is InChI=1S/C21H26N4O3/c1-28-12-11-24-17-9-5-6-10-18(17)25-19(21(24)27)13-16(23-25)20(26)22-14-15-7-3-2-4-8-15/h5-6,9-10,13,15H,2-4,7-8,11-12,14H2,1H3,(H,22,26). The Morgan fingerprint density at radius 1 is 1.18 bits per heavy atom. The van der Waals surface area contributed by atoms with E-state index in [2.05, 4.69) is 10.4 Å². The van der Waals surface area contributed by atoms with Crippen molar-refractivity contribution in [3.05, 3.63) is 46.4 Å². The highest BCUT2D eigenvalue weighted by atomic mass is 16.5. The molecule has 1 fully saturated rings. The summed E-state index contributed by atoms with van der Waals surface area (Å²) < 4.78 is 8.41. The maximum absolute atomic E-state index is 13.0. The van der Waals surface area contributed by atoms with E-state index in [0.717, 1.165) is 11.0 Å². The first kappa shape index (κ1) is 18.7. The molecule has 28 heavy (non-hydrogen) atoms. The molecule has 0 aliphatic heterocycles. The molecule has 0 unspecified atom stereocenters. The number of para-hydroxylation sites is 2. The van der Waals surface area contributed by atoms with Crippen LogP contribution in [0.3, 0.4) is 0 Å². The summed E-state index contributed by atoms with van der Waals surface area (Å²) in [5.41, 5.74) is 2.07. The number of hydrogen-bond acceptors (Lipinski definition) is 4. The summed E-state index contributed by atoms with van der Waals surface area (Å²) in [6.07, 6.45) is 6.10. The minimum atomic E-state index is -0.221. The van der Waals surface area contributed by atoms with E-state index in [-0.39, 0.29) is 17.2 Å². The van der Waals surface area contributed by atoms with Gasteiger partial charge in [-0.3, -0.25) is 9.59 Å². The van der Waals surface area contributed by atoms with Crippen LogP contribution in [0.5, 0.6) is 0 Å². The molecule has 0 spiro atoms. The van der Waals surface area contributed by atoms with Crippen molar-refractivity contribution in [1.29, 1.82) is 0 Å². The smallest absolute Gasteiger partial charge is 0.277 e. The van der Waals surface area contributed by atoms with Crippen molar-refractivity contribution in [2.45, 2.75) is 38.6 Å². The van der Waals surface area contributed by atoms with Gasteiger partial charge in [-0.1, -0.05) is 31.4 Å². The van der Waals surface area contributed by atoms with E-state index in [1.807, 2.05) is 24.3 Å². The van der Waals surface area contributed by atoms with E-state index < -0.39 is 0 Å². The summed E-state index contributed by atoms with van der Waals surface area (Å²) in [5, 5.41) is 7.45. The lowest BCUT2D eigenvalue weighted by Crippen LogP contribution is -2.30. The average molecular weight is 382 g/mol. The van der Waals surface area contributed by atoms with Gasteiger partial charge in [0.25, 0.3) is 11.5 Å². The number of aromatic nitrogens is 3. The molecule has 1 aliphatic rings. The lowest BCUT2D eigenvalue weighted by atomic mass is 9.89. The summed E-state index contributed by atoms with van der Waals surface area (Å²) >= 11 is 0. The molecular formula is C21H26N4O3. The van der Waals surface area contributed by atoms with Crippen LogP contribution in [0.1, 0.15) is 42.6 Å². The predicted octanol–water partition coefficient (Wildman–Crippen LogP) is 2.61. The fourth-order valence-electron chi connectivity index (χ4n) is 4.07. The van der Waals surface area contributed by atoms with E-state index in [4.69, 9.17) is 4.74 Å². The monoisotopic (exact) mass is 382 g/mol. The lowest BCUT2D eigenvalue weighted by Gasteiger charge is -2.21. The first-order valence-corrected chi connectivity index (χ1v) is 9.97. The molecule has 2 aromatic heterocycles. The van der Waals surface area contributed by atoms with Crippen LogP contribution < -0.4 is 10.9 Å². The van der Waals surface area contributed by atoms with Gasteiger partial charge in [0.05, 0.1) is 17.6 Å². The van der Waals surface area contributed by atoms with Gasteiger partial charge in [0.1, 0.15) is 5.52 Å². The highest BCUT2D eigenvalue weighted by molar-refractivity contribution is 5.94. The number of carbonyl (C=O) groups is 1. The largest absolute Gasteiger partial charge is 0.383 e. The molecule has 7 nitrogen and oxygen atoms in total. The molecule has 3 aromatic rings. The highest BCUT2D eigenvalue weighted by Crippen LogP contribution is 2.23. The Kier molecular flexibility index (Phi) is 5.43. The number of methoxy groups -OCH3 is 1. The quantitative estimate of drug-likeness (QED) is 0.711. The van der Waals surface area contributed by atoms with Crippen molar-refractivity contribution in [2.24, 2.45) is 5.92 Å². The number of ether oxygens (including phenoxy) is 1. The Morgan fingerprint density at radius 2 is 1.93 bits per heavy atom. The summed E-state index contributed by atoms with van der Waals surface area (Å²) in [5.74, 6) is 0.322. The topological polar surface area (TPSA) is 77.6 Å². The second-order valence-electron chi connectivity index (χ2n) is 7.48. The van der Waals surface area contributed by atoms with Gasteiger partial charge < -0.3 is 14.6 Å². The molecule has 1 N–H and O–H groups in total. The minimum Gasteiger partial charge on any atom is -0.383 e. The van der Waals surface area contributed by atoms with Gasteiger partial charge in [0, 0.05) is 26.3 Å². The maximum Gasteiger partial charge on any atom is 0.277 e. The molecule has 1 saturated carbocycles. The summed E-state index contributed by atoms with van der Waals surface area (Å²) in [6, 6.07) is 9.17. The van der Waals surface area contributed by atoms with Crippen molar-refractivity contribution < 1.29 is 9.53 Å². The maximum atomic E-state index is 13.0. The molecule has 0 saturated heterocycles. The van der Waals surface area contributed by atoms with Gasteiger partial charge in [0.15, 0.2) is 5.69 Å². The number of rotatable bonds is 6. The third-order valence-electron chi connectivity index (χ3n) is 5.60. The lowest BCUT2D eigenvalue weighted by molar-refractivity contribution is 0.0938. The molecule has 1 aliphatic carbocycles. The number of nitrogens with one attached hydrogen (secondary N) is 1. The third-order valence-corrected chi connectivity index (χ3v) is 5.60. The Bertz CT molecular complexity index is 1050. The van der Waals surface area contributed by atoms with E-state index in [0.29, 0.717) is 31.1 Å². The minimum absolute atomic E-state index is 0.172. The second-order valence-corrected chi connectivity index (χ2v) is 7.48. The first-order valence-electron chi connectivity index (χ1n) is 9.97. The number of carbonyl (C=O) groups excluding carboxylic acids is 1. The fourth-order valence-corrected chi connectivity index (χ4v) is 4.07. The molecule has 7 heteroatoms. The van der Waals surface area contributed by atoms with Crippen molar-refractivity contribution in [2.75, 3.05) is 20.3 Å². The van der Waals surface area contributed by atoms with Crippen molar-refractivity contribution in [3.63, 3.8) is 0 Å². The molecule has 4 rings (SSSR count). The van der Waals surface area contributed by atoms with Crippen LogP contribution in [-0.2, 0) is 11.3 Å². The van der Waals surface area contributed by atoms with E-state index in [1.165, 1.54) is 32.1 Å². The molecule has 0 bridgehead atoms.